The van der Waals surface area contributed by atoms with Crippen LogP contribution in [0.4, 0.5) is 8.78 Å². The molecular formula is C16H21F2NOS. The molecule has 1 spiro atoms. The third-order valence-corrected chi connectivity index (χ3v) is 6.12. The molecule has 2 N–H and O–H groups in total. The third kappa shape index (κ3) is 2.96. The predicted octanol–water partition coefficient (Wildman–Crippen LogP) is 3.44. The lowest BCUT2D eigenvalue weighted by Gasteiger charge is -2.44. The van der Waals surface area contributed by atoms with Crippen LogP contribution < -0.4 is 5.73 Å². The van der Waals surface area contributed by atoms with E-state index in [4.69, 9.17) is 10.5 Å². The summed E-state index contributed by atoms with van der Waals surface area (Å²) >= 11 is 1.91. The number of nitrogens with two attached hydrogens (primary N) is 1. The molecule has 3 unspecified atom stereocenters. The molecule has 1 aromatic rings. The van der Waals surface area contributed by atoms with E-state index < -0.39 is 17.2 Å². The standard InChI is InChI=1S/C16H21F2NOS/c1-15(19,12-6-13(17)8-14(18)7-12)11-2-4-20-16(9-11)3-5-21-10-16/h6-8,11H,2-5,9-10,19H2,1H3. The second-order valence-electron chi connectivity index (χ2n) is 6.46. The molecule has 2 aliphatic heterocycles. The average molecular weight is 313 g/mol. The van der Waals surface area contributed by atoms with Crippen LogP contribution in [-0.4, -0.2) is 23.7 Å². The number of halogens is 2. The van der Waals surface area contributed by atoms with E-state index in [0.717, 1.165) is 36.8 Å². The summed E-state index contributed by atoms with van der Waals surface area (Å²) in [6, 6.07) is 3.60. The van der Waals surface area contributed by atoms with Gasteiger partial charge in [-0.3, -0.25) is 0 Å². The van der Waals surface area contributed by atoms with E-state index in [9.17, 15) is 8.78 Å². The molecule has 1 aromatic carbocycles. The second-order valence-corrected chi connectivity index (χ2v) is 7.57. The fourth-order valence-electron chi connectivity index (χ4n) is 3.50. The molecule has 0 amide bonds. The highest BCUT2D eigenvalue weighted by atomic mass is 32.2. The minimum Gasteiger partial charge on any atom is -0.374 e. The minimum atomic E-state index is -0.743. The molecule has 2 nitrogen and oxygen atoms in total. The van der Waals surface area contributed by atoms with Crippen molar-refractivity contribution in [3.63, 3.8) is 0 Å². The molecule has 21 heavy (non-hydrogen) atoms. The molecule has 0 aliphatic carbocycles. The number of hydrogen-bond donors (Lipinski definition) is 1. The highest BCUT2D eigenvalue weighted by Crippen LogP contribution is 2.45. The summed E-state index contributed by atoms with van der Waals surface area (Å²) in [5.74, 6) is 1.14. The highest BCUT2D eigenvalue weighted by molar-refractivity contribution is 7.99. The lowest BCUT2D eigenvalue weighted by atomic mass is 9.71. The van der Waals surface area contributed by atoms with Crippen LogP contribution in [0.3, 0.4) is 0 Å². The van der Waals surface area contributed by atoms with E-state index in [0.29, 0.717) is 12.2 Å². The summed E-state index contributed by atoms with van der Waals surface area (Å²) < 4.78 is 33.0. The van der Waals surface area contributed by atoms with E-state index in [1.807, 2.05) is 18.7 Å². The van der Waals surface area contributed by atoms with Crippen LogP contribution in [0.1, 0.15) is 31.7 Å². The van der Waals surface area contributed by atoms with Crippen LogP contribution >= 0.6 is 11.8 Å². The number of ether oxygens (including phenoxy) is 1. The van der Waals surface area contributed by atoms with Crippen molar-refractivity contribution in [2.75, 3.05) is 18.1 Å². The van der Waals surface area contributed by atoms with Gasteiger partial charge < -0.3 is 10.5 Å². The van der Waals surface area contributed by atoms with Crippen molar-refractivity contribution in [3.8, 4) is 0 Å². The Hall–Kier alpha value is -0.650. The summed E-state index contributed by atoms with van der Waals surface area (Å²) in [4.78, 5) is 0. The Morgan fingerprint density at radius 3 is 2.67 bits per heavy atom. The Morgan fingerprint density at radius 1 is 1.33 bits per heavy atom. The highest BCUT2D eigenvalue weighted by Gasteiger charge is 2.45. The van der Waals surface area contributed by atoms with E-state index in [-0.39, 0.29) is 11.5 Å². The molecule has 2 aliphatic rings. The molecule has 3 atom stereocenters. The molecule has 2 saturated heterocycles. The van der Waals surface area contributed by atoms with Gasteiger partial charge in [0.1, 0.15) is 11.6 Å². The maximum atomic E-state index is 13.5. The summed E-state index contributed by atoms with van der Waals surface area (Å²) in [7, 11) is 0. The number of rotatable bonds is 2. The smallest absolute Gasteiger partial charge is 0.126 e. The van der Waals surface area contributed by atoms with Crippen molar-refractivity contribution in [1.29, 1.82) is 0 Å². The van der Waals surface area contributed by atoms with Gasteiger partial charge in [0.2, 0.25) is 0 Å². The Morgan fingerprint density at radius 2 is 2.05 bits per heavy atom. The van der Waals surface area contributed by atoms with Gasteiger partial charge in [-0.1, -0.05) is 0 Å². The van der Waals surface area contributed by atoms with Gasteiger partial charge in [-0.15, -0.1) is 0 Å². The van der Waals surface area contributed by atoms with Gasteiger partial charge in [0.05, 0.1) is 5.60 Å². The second kappa shape index (κ2) is 5.52. The Labute approximate surface area is 128 Å². The first-order chi connectivity index (χ1) is 9.91. The Bertz CT molecular complexity index is 509. The topological polar surface area (TPSA) is 35.2 Å². The third-order valence-electron chi connectivity index (χ3n) is 4.89. The monoisotopic (exact) mass is 313 g/mol. The van der Waals surface area contributed by atoms with Crippen LogP contribution in [0.2, 0.25) is 0 Å². The van der Waals surface area contributed by atoms with E-state index in [1.165, 1.54) is 12.1 Å². The number of hydrogen-bond acceptors (Lipinski definition) is 3. The van der Waals surface area contributed by atoms with Gasteiger partial charge in [0.15, 0.2) is 0 Å². The molecule has 0 saturated carbocycles. The number of benzene rings is 1. The summed E-state index contributed by atoms with van der Waals surface area (Å²) in [6.07, 6.45) is 2.74. The first kappa shape index (κ1) is 15.3. The zero-order valence-corrected chi connectivity index (χ0v) is 13.0. The fraction of sp³-hybridized carbons (Fsp3) is 0.625. The maximum absolute atomic E-state index is 13.5. The first-order valence-corrected chi connectivity index (χ1v) is 8.54. The van der Waals surface area contributed by atoms with Crippen LogP contribution in [0, 0.1) is 17.6 Å². The Balaban J connectivity index is 1.86. The summed E-state index contributed by atoms with van der Waals surface area (Å²) in [5.41, 5.74) is 6.21. The summed E-state index contributed by atoms with van der Waals surface area (Å²) in [6.45, 7) is 2.56. The van der Waals surface area contributed by atoms with Gasteiger partial charge in [0, 0.05) is 24.0 Å². The Kier molecular flexibility index (Phi) is 4.01. The van der Waals surface area contributed by atoms with Gasteiger partial charge in [-0.05, 0) is 55.6 Å². The molecule has 0 radical (unpaired) electrons. The van der Waals surface area contributed by atoms with Gasteiger partial charge in [-0.25, -0.2) is 8.78 Å². The average Bonchev–Trinajstić information content (AvgIpc) is 2.85. The molecular weight excluding hydrogens is 292 g/mol. The van der Waals surface area contributed by atoms with Crippen molar-refractivity contribution >= 4 is 11.8 Å². The number of thioether (sulfide) groups is 1. The normalized spacial score (nSPS) is 32.3. The SMILES string of the molecule is CC(N)(c1cc(F)cc(F)c1)C1CCOC2(CCSC2)C1. The van der Waals surface area contributed by atoms with Crippen molar-refractivity contribution in [3.05, 3.63) is 35.4 Å². The van der Waals surface area contributed by atoms with Crippen molar-refractivity contribution in [1.82, 2.24) is 0 Å². The van der Waals surface area contributed by atoms with Crippen molar-refractivity contribution in [2.45, 2.75) is 37.3 Å². The van der Waals surface area contributed by atoms with Crippen LogP contribution in [0.5, 0.6) is 0 Å². The summed E-state index contributed by atoms with van der Waals surface area (Å²) in [5, 5.41) is 0. The largest absolute Gasteiger partial charge is 0.374 e. The van der Waals surface area contributed by atoms with Crippen molar-refractivity contribution < 1.29 is 13.5 Å². The fourth-order valence-corrected chi connectivity index (χ4v) is 4.88. The lowest BCUT2D eigenvalue weighted by molar-refractivity contribution is -0.0917. The molecule has 0 bridgehead atoms. The molecule has 3 rings (SSSR count). The quantitative estimate of drug-likeness (QED) is 0.908. The van der Waals surface area contributed by atoms with Crippen molar-refractivity contribution in [2.24, 2.45) is 11.7 Å². The zero-order valence-electron chi connectivity index (χ0n) is 12.2. The van der Waals surface area contributed by atoms with E-state index in [2.05, 4.69) is 0 Å². The zero-order chi connectivity index (χ0) is 15.1. The van der Waals surface area contributed by atoms with E-state index >= 15 is 0 Å². The molecule has 2 fully saturated rings. The molecule has 2 heterocycles. The van der Waals surface area contributed by atoms with Gasteiger partial charge in [-0.2, -0.15) is 11.8 Å². The van der Waals surface area contributed by atoms with Crippen LogP contribution in [0.15, 0.2) is 18.2 Å². The van der Waals surface area contributed by atoms with Gasteiger partial charge >= 0.3 is 0 Å². The minimum absolute atomic E-state index is 0.0833. The van der Waals surface area contributed by atoms with Crippen LogP contribution in [-0.2, 0) is 10.3 Å². The lowest BCUT2D eigenvalue weighted by Crippen LogP contribution is -2.50. The molecule has 5 heteroatoms. The molecule has 116 valence electrons. The van der Waals surface area contributed by atoms with Crippen LogP contribution in [0.25, 0.3) is 0 Å². The van der Waals surface area contributed by atoms with E-state index in [1.54, 1.807) is 0 Å². The molecule has 0 aromatic heterocycles. The van der Waals surface area contributed by atoms with Gasteiger partial charge in [0.25, 0.3) is 0 Å². The maximum Gasteiger partial charge on any atom is 0.126 e. The predicted molar refractivity (Wildman–Crippen MR) is 81.2 cm³/mol. The first-order valence-electron chi connectivity index (χ1n) is 7.38.